The van der Waals surface area contributed by atoms with Gasteiger partial charge in [0.05, 0.1) is 0 Å². The summed E-state index contributed by atoms with van der Waals surface area (Å²) < 4.78 is 0. The Morgan fingerprint density at radius 2 is 0.964 bits per heavy atom. The number of hydrogen-bond donors (Lipinski definition) is 4. The number of unbranched alkanes of at least 4 members (excludes halogenated alkanes) is 1. The number of Topliss-reactive ketones (excluding diaryl/α,β-unsaturated/α-hetero) is 2. The third-order valence-corrected chi connectivity index (χ3v) is 3.89. The zero-order valence-electron chi connectivity index (χ0n) is 16.2. The zero-order valence-corrected chi connectivity index (χ0v) is 16.2. The van der Waals surface area contributed by atoms with Crippen LogP contribution in [-0.4, -0.2) is 57.6 Å². The lowest BCUT2D eigenvalue weighted by atomic mass is 10.1. The van der Waals surface area contributed by atoms with Crippen LogP contribution < -0.4 is 10.6 Å². The number of carboxylic acid groups (broad SMARTS) is 2. The number of carbonyl (C=O) groups is 6. The van der Waals surface area contributed by atoms with E-state index in [9.17, 15) is 28.8 Å². The first-order chi connectivity index (χ1) is 13.0. The fourth-order valence-corrected chi connectivity index (χ4v) is 2.31. The molecule has 28 heavy (non-hydrogen) atoms. The van der Waals surface area contributed by atoms with Gasteiger partial charge in [0.15, 0.2) is 0 Å². The summed E-state index contributed by atoms with van der Waals surface area (Å²) in [5.41, 5.74) is 0. The topological polar surface area (TPSA) is 167 Å². The predicted octanol–water partition coefficient (Wildman–Crippen LogP) is 0.424. The van der Waals surface area contributed by atoms with Crippen molar-refractivity contribution in [2.24, 2.45) is 0 Å². The molecule has 0 aliphatic rings. The summed E-state index contributed by atoms with van der Waals surface area (Å²) in [6.07, 6.45) is 0.740. The number of amides is 2. The summed E-state index contributed by atoms with van der Waals surface area (Å²) in [6.45, 7) is 2.67. The van der Waals surface area contributed by atoms with Gasteiger partial charge >= 0.3 is 11.9 Å². The maximum Gasteiger partial charge on any atom is 0.326 e. The molecule has 4 N–H and O–H groups in total. The van der Waals surface area contributed by atoms with Gasteiger partial charge in [0, 0.05) is 25.7 Å². The highest BCUT2D eigenvalue weighted by Crippen LogP contribution is 2.05. The molecule has 0 fully saturated rings. The van der Waals surface area contributed by atoms with Gasteiger partial charge in [-0.2, -0.15) is 0 Å². The first-order valence-electron chi connectivity index (χ1n) is 9.06. The Hall–Kier alpha value is -2.78. The van der Waals surface area contributed by atoms with Gasteiger partial charge in [0.2, 0.25) is 11.8 Å². The molecule has 0 unspecified atom stereocenters. The molecule has 0 saturated heterocycles. The maximum absolute atomic E-state index is 11.8. The zero-order chi connectivity index (χ0) is 21.7. The van der Waals surface area contributed by atoms with Crippen molar-refractivity contribution in [3.8, 4) is 0 Å². The molecule has 0 heterocycles. The molecule has 0 aliphatic carbocycles. The fraction of sp³-hybridized carbons (Fsp3) is 0.667. The number of ketones is 2. The highest BCUT2D eigenvalue weighted by Gasteiger charge is 2.21. The molecule has 0 aromatic carbocycles. The van der Waals surface area contributed by atoms with E-state index in [1.165, 1.54) is 13.8 Å². The van der Waals surface area contributed by atoms with Crippen molar-refractivity contribution in [1.29, 1.82) is 0 Å². The number of carboxylic acids is 2. The third-order valence-electron chi connectivity index (χ3n) is 3.89. The average molecular weight is 400 g/mol. The van der Waals surface area contributed by atoms with Gasteiger partial charge in [-0.15, -0.1) is 0 Å². The SMILES string of the molecule is CC(=O)CC[C@H](NC(=O)CCCCC(=O)N[C@H](CCC(C)=O)C(=O)O)C(=O)O. The largest absolute Gasteiger partial charge is 0.480 e. The minimum Gasteiger partial charge on any atom is -0.480 e. The Balaban J connectivity index is 4.20. The number of carbonyl (C=O) groups excluding carboxylic acids is 4. The Morgan fingerprint density at radius 3 is 1.21 bits per heavy atom. The lowest BCUT2D eigenvalue weighted by molar-refractivity contribution is -0.142. The summed E-state index contributed by atoms with van der Waals surface area (Å²) in [5, 5.41) is 22.7. The van der Waals surface area contributed by atoms with E-state index in [-0.39, 0.29) is 50.1 Å². The van der Waals surface area contributed by atoms with E-state index in [0.717, 1.165) is 0 Å². The van der Waals surface area contributed by atoms with Gasteiger partial charge in [-0.3, -0.25) is 9.59 Å². The number of nitrogens with one attached hydrogen (secondary N) is 2. The molecule has 0 bridgehead atoms. The van der Waals surface area contributed by atoms with Crippen LogP contribution >= 0.6 is 0 Å². The second-order valence-electron chi connectivity index (χ2n) is 6.61. The number of hydrogen-bond acceptors (Lipinski definition) is 6. The normalized spacial score (nSPS) is 12.5. The number of aliphatic carboxylic acids is 2. The van der Waals surface area contributed by atoms with E-state index in [1.807, 2.05) is 0 Å². The van der Waals surface area contributed by atoms with E-state index < -0.39 is 35.8 Å². The smallest absolute Gasteiger partial charge is 0.326 e. The minimum atomic E-state index is -1.22. The van der Waals surface area contributed by atoms with Crippen molar-refractivity contribution >= 4 is 35.3 Å². The lowest BCUT2D eigenvalue weighted by Gasteiger charge is -2.14. The standard InChI is InChI=1S/C18H28N2O8/c1-11(21)7-9-13(17(25)26)19-15(23)5-3-4-6-16(24)20-14(18(27)28)10-8-12(2)22/h13-14H,3-10H2,1-2H3,(H,19,23)(H,20,24)(H,25,26)(H,27,28)/t13-,14+. The quantitative estimate of drug-likeness (QED) is 0.287. The van der Waals surface area contributed by atoms with E-state index in [0.29, 0.717) is 12.8 Å². The summed E-state index contributed by atoms with van der Waals surface area (Å²) in [5.74, 6) is -3.79. The first kappa shape index (κ1) is 25.2. The average Bonchev–Trinajstić information content (AvgIpc) is 2.58. The Labute approximate surface area is 163 Å². The van der Waals surface area contributed by atoms with Gasteiger partial charge in [0.1, 0.15) is 23.7 Å². The predicted molar refractivity (Wildman–Crippen MR) is 97.4 cm³/mol. The van der Waals surface area contributed by atoms with Crippen LogP contribution in [0.5, 0.6) is 0 Å². The first-order valence-corrected chi connectivity index (χ1v) is 9.06. The summed E-state index contributed by atoms with van der Waals surface area (Å²) >= 11 is 0. The molecule has 2 atom stereocenters. The molecule has 2 amide bonds. The Morgan fingerprint density at radius 1 is 0.643 bits per heavy atom. The summed E-state index contributed by atoms with van der Waals surface area (Å²) in [6, 6.07) is -2.28. The van der Waals surface area contributed by atoms with Crippen molar-refractivity contribution in [3.63, 3.8) is 0 Å². The molecular formula is C18H28N2O8. The second kappa shape index (κ2) is 13.4. The molecule has 0 aromatic rings. The van der Waals surface area contributed by atoms with Crippen LogP contribution in [-0.2, 0) is 28.8 Å². The van der Waals surface area contributed by atoms with Crippen LogP contribution in [0.3, 0.4) is 0 Å². The molecule has 10 nitrogen and oxygen atoms in total. The molecule has 0 spiro atoms. The van der Waals surface area contributed by atoms with Crippen LogP contribution in [0.1, 0.15) is 65.2 Å². The number of rotatable bonds is 15. The molecule has 0 radical (unpaired) electrons. The molecule has 0 aromatic heterocycles. The highest BCUT2D eigenvalue weighted by atomic mass is 16.4. The van der Waals surface area contributed by atoms with Crippen molar-refractivity contribution in [1.82, 2.24) is 10.6 Å². The molecule has 10 heteroatoms. The van der Waals surface area contributed by atoms with Crippen LogP contribution in [0.2, 0.25) is 0 Å². The molecular weight excluding hydrogens is 372 g/mol. The van der Waals surface area contributed by atoms with Gasteiger partial charge in [-0.25, -0.2) is 9.59 Å². The van der Waals surface area contributed by atoms with Gasteiger partial charge in [0.25, 0.3) is 0 Å². The molecule has 0 rings (SSSR count). The lowest BCUT2D eigenvalue weighted by Crippen LogP contribution is -2.41. The highest BCUT2D eigenvalue weighted by molar-refractivity contribution is 5.85. The maximum atomic E-state index is 11.8. The van der Waals surface area contributed by atoms with Gasteiger partial charge in [-0.1, -0.05) is 0 Å². The van der Waals surface area contributed by atoms with Crippen LogP contribution in [0.4, 0.5) is 0 Å². The van der Waals surface area contributed by atoms with E-state index in [2.05, 4.69) is 10.6 Å². The monoisotopic (exact) mass is 400 g/mol. The summed E-state index contributed by atoms with van der Waals surface area (Å²) in [4.78, 5) is 67.6. The third kappa shape index (κ3) is 12.6. The molecule has 0 saturated carbocycles. The van der Waals surface area contributed by atoms with Crippen LogP contribution in [0, 0.1) is 0 Å². The Kier molecular flexibility index (Phi) is 12.1. The van der Waals surface area contributed by atoms with Crippen molar-refractivity contribution in [2.75, 3.05) is 0 Å². The Bertz CT molecular complexity index is 550. The van der Waals surface area contributed by atoms with Crippen LogP contribution in [0.15, 0.2) is 0 Å². The molecule has 158 valence electrons. The van der Waals surface area contributed by atoms with Crippen molar-refractivity contribution in [2.45, 2.75) is 77.3 Å². The van der Waals surface area contributed by atoms with Crippen LogP contribution in [0.25, 0.3) is 0 Å². The fourth-order valence-electron chi connectivity index (χ4n) is 2.31. The van der Waals surface area contributed by atoms with Gasteiger partial charge in [-0.05, 0) is 39.5 Å². The van der Waals surface area contributed by atoms with Crippen molar-refractivity contribution in [3.05, 3.63) is 0 Å². The molecule has 0 aliphatic heterocycles. The summed E-state index contributed by atoms with van der Waals surface area (Å²) in [7, 11) is 0. The van der Waals surface area contributed by atoms with E-state index in [1.54, 1.807) is 0 Å². The van der Waals surface area contributed by atoms with Gasteiger partial charge < -0.3 is 30.4 Å². The minimum absolute atomic E-state index is 0.00380. The second-order valence-corrected chi connectivity index (χ2v) is 6.61. The van der Waals surface area contributed by atoms with E-state index >= 15 is 0 Å². The van der Waals surface area contributed by atoms with E-state index in [4.69, 9.17) is 10.2 Å². The van der Waals surface area contributed by atoms with Crippen molar-refractivity contribution < 1.29 is 39.0 Å².